The number of aliphatic hydroxyl groups excluding tert-OH is 1. The molecule has 0 bridgehead atoms. The summed E-state index contributed by atoms with van der Waals surface area (Å²) in [6.45, 7) is 2.11. The molecule has 0 unspecified atom stereocenters. The average molecular weight is 336 g/mol. The lowest BCUT2D eigenvalue weighted by Gasteiger charge is -2.22. The number of likely N-dealkylation sites (tertiary alicyclic amines) is 1. The normalized spacial score (nSPS) is 25.8. The van der Waals surface area contributed by atoms with Crippen molar-refractivity contribution in [1.82, 2.24) is 20.0 Å². The Kier molecular flexibility index (Phi) is 5.73. The Labute approximate surface area is 143 Å². The lowest BCUT2D eigenvalue weighted by atomic mass is 9.89. The Morgan fingerprint density at radius 2 is 2.17 bits per heavy atom. The fourth-order valence-corrected chi connectivity index (χ4v) is 3.62. The van der Waals surface area contributed by atoms with E-state index in [2.05, 4.69) is 10.4 Å². The minimum absolute atomic E-state index is 0.0369. The van der Waals surface area contributed by atoms with Crippen molar-refractivity contribution in [2.24, 2.45) is 13.0 Å². The average Bonchev–Trinajstić information content (AvgIpc) is 3.12. The quantitative estimate of drug-likeness (QED) is 0.793. The zero-order valence-corrected chi connectivity index (χ0v) is 14.4. The van der Waals surface area contributed by atoms with Crippen LogP contribution in [0.1, 0.15) is 32.1 Å². The number of aliphatic hydroxyl groups is 1. The van der Waals surface area contributed by atoms with Gasteiger partial charge in [0.25, 0.3) is 0 Å². The molecule has 0 aromatic carbocycles. The van der Waals surface area contributed by atoms with E-state index < -0.39 is 6.10 Å². The number of carbonyl (C=O) groups is 1. The summed E-state index contributed by atoms with van der Waals surface area (Å²) in [6.07, 6.45) is 8.84. The van der Waals surface area contributed by atoms with Gasteiger partial charge in [-0.15, -0.1) is 0 Å². The summed E-state index contributed by atoms with van der Waals surface area (Å²) in [7, 11) is 1.82. The van der Waals surface area contributed by atoms with Crippen molar-refractivity contribution >= 4 is 5.91 Å². The molecule has 7 heteroatoms. The van der Waals surface area contributed by atoms with Crippen LogP contribution in [0.5, 0.6) is 5.75 Å². The maximum Gasteiger partial charge on any atom is 0.234 e. The Hall–Kier alpha value is -1.60. The SMILES string of the molecule is Cn1cc(O[C@@H]2CN(CC(=O)NCC3CCCCC3)C[C@H]2O)cn1. The van der Waals surface area contributed by atoms with E-state index in [1.54, 1.807) is 17.1 Å². The Bertz CT molecular complexity index is 542. The third-order valence-corrected chi connectivity index (χ3v) is 4.96. The largest absolute Gasteiger partial charge is 0.483 e. The smallest absolute Gasteiger partial charge is 0.234 e. The van der Waals surface area contributed by atoms with E-state index in [4.69, 9.17) is 4.74 Å². The summed E-state index contributed by atoms with van der Waals surface area (Å²) in [5, 5.41) is 17.2. The van der Waals surface area contributed by atoms with E-state index in [-0.39, 0.29) is 12.0 Å². The van der Waals surface area contributed by atoms with Gasteiger partial charge in [-0.05, 0) is 18.8 Å². The van der Waals surface area contributed by atoms with Crippen molar-refractivity contribution in [1.29, 1.82) is 0 Å². The molecule has 2 fully saturated rings. The third-order valence-electron chi connectivity index (χ3n) is 4.96. The van der Waals surface area contributed by atoms with Gasteiger partial charge in [-0.2, -0.15) is 5.10 Å². The second-order valence-corrected chi connectivity index (χ2v) is 7.08. The molecule has 3 rings (SSSR count). The van der Waals surface area contributed by atoms with Gasteiger partial charge in [-0.25, -0.2) is 0 Å². The molecule has 0 radical (unpaired) electrons. The van der Waals surface area contributed by atoms with Crippen LogP contribution < -0.4 is 10.1 Å². The fourth-order valence-electron chi connectivity index (χ4n) is 3.62. The van der Waals surface area contributed by atoms with Gasteiger partial charge < -0.3 is 15.2 Å². The van der Waals surface area contributed by atoms with E-state index in [1.165, 1.54) is 32.1 Å². The van der Waals surface area contributed by atoms with Gasteiger partial charge >= 0.3 is 0 Å². The number of hydrogen-bond donors (Lipinski definition) is 2. The fraction of sp³-hybridized carbons (Fsp3) is 0.765. The molecule has 0 spiro atoms. The van der Waals surface area contributed by atoms with E-state index in [9.17, 15) is 9.90 Å². The second kappa shape index (κ2) is 7.98. The maximum absolute atomic E-state index is 12.1. The van der Waals surface area contributed by atoms with Gasteiger partial charge in [0, 0.05) is 26.7 Å². The molecular weight excluding hydrogens is 308 g/mol. The van der Waals surface area contributed by atoms with Crippen molar-refractivity contribution in [3.05, 3.63) is 12.4 Å². The molecule has 2 N–H and O–H groups in total. The molecule has 7 nitrogen and oxygen atoms in total. The predicted molar refractivity (Wildman–Crippen MR) is 89.7 cm³/mol. The highest BCUT2D eigenvalue weighted by Gasteiger charge is 2.34. The number of nitrogens with one attached hydrogen (secondary N) is 1. The first kappa shape index (κ1) is 17.2. The topological polar surface area (TPSA) is 79.6 Å². The highest BCUT2D eigenvalue weighted by Crippen LogP contribution is 2.22. The summed E-state index contributed by atoms with van der Waals surface area (Å²) in [5.41, 5.74) is 0. The van der Waals surface area contributed by atoms with Gasteiger partial charge in [0.1, 0.15) is 12.2 Å². The van der Waals surface area contributed by atoms with Crippen molar-refractivity contribution in [2.75, 3.05) is 26.2 Å². The molecule has 1 saturated heterocycles. The summed E-state index contributed by atoms with van der Waals surface area (Å²) >= 11 is 0. The van der Waals surface area contributed by atoms with Gasteiger partial charge in [0.05, 0.1) is 18.9 Å². The molecule has 1 aromatic heterocycles. The van der Waals surface area contributed by atoms with Crippen molar-refractivity contribution in [3.63, 3.8) is 0 Å². The number of carbonyl (C=O) groups excluding carboxylic acids is 1. The first-order valence-corrected chi connectivity index (χ1v) is 8.92. The van der Waals surface area contributed by atoms with Crippen LogP contribution in [-0.4, -0.2) is 64.1 Å². The summed E-state index contributed by atoms with van der Waals surface area (Å²) < 4.78 is 7.43. The molecule has 134 valence electrons. The van der Waals surface area contributed by atoms with E-state index in [0.29, 0.717) is 31.3 Å². The molecular formula is C17H28N4O3. The van der Waals surface area contributed by atoms with E-state index >= 15 is 0 Å². The molecule has 1 aliphatic carbocycles. The monoisotopic (exact) mass is 336 g/mol. The third kappa shape index (κ3) is 4.70. The van der Waals surface area contributed by atoms with Crippen LogP contribution in [0.4, 0.5) is 0 Å². The summed E-state index contributed by atoms with van der Waals surface area (Å²) in [6, 6.07) is 0. The van der Waals surface area contributed by atoms with Gasteiger partial charge in [0.2, 0.25) is 5.91 Å². The maximum atomic E-state index is 12.1. The van der Waals surface area contributed by atoms with Crippen LogP contribution in [-0.2, 0) is 11.8 Å². The van der Waals surface area contributed by atoms with Crippen molar-refractivity contribution in [3.8, 4) is 5.75 Å². The van der Waals surface area contributed by atoms with Crippen LogP contribution in [0.2, 0.25) is 0 Å². The van der Waals surface area contributed by atoms with E-state index in [0.717, 1.165) is 6.54 Å². The minimum atomic E-state index is -0.587. The molecule has 2 heterocycles. The number of β-amino-alcohol motifs (C(OH)–C–C–N with tert-alkyl or cyclic N) is 1. The van der Waals surface area contributed by atoms with Gasteiger partial charge in [-0.1, -0.05) is 19.3 Å². The number of ether oxygens (including phenoxy) is 1. The van der Waals surface area contributed by atoms with Crippen LogP contribution in [0, 0.1) is 5.92 Å². The molecule has 1 saturated carbocycles. The molecule has 24 heavy (non-hydrogen) atoms. The molecule has 1 amide bonds. The van der Waals surface area contributed by atoms with Crippen LogP contribution in [0.25, 0.3) is 0 Å². The zero-order chi connectivity index (χ0) is 16.9. The van der Waals surface area contributed by atoms with Crippen molar-refractivity contribution < 1.29 is 14.6 Å². The van der Waals surface area contributed by atoms with Crippen LogP contribution >= 0.6 is 0 Å². The molecule has 1 aliphatic heterocycles. The van der Waals surface area contributed by atoms with Gasteiger partial charge in [-0.3, -0.25) is 14.4 Å². The number of aromatic nitrogens is 2. The number of amides is 1. The molecule has 2 atom stereocenters. The highest BCUT2D eigenvalue weighted by atomic mass is 16.5. The highest BCUT2D eigenvalue weighted by molar-refractivity contribution is 5.78. The first-order valence-electron chi connectivity index (χ1n) is 8.92. The lowest BCUT2D eigenvalue weighted by molar-refractivity contribution is -0.122. The predicted octanol–water partition coefficient (Wildman–Crippen LogP) is 0.541. The Morgan fingerprint density at radius 3 is 2.88 bits per heavy atom. The number of hydrogen-bond acceptors (Lipinski definition) is 5. The van der Waals surface area contributed by atoms with Gasteiger partial charge in [0.15, 0.2) is 5.75 Å². The summed E-state index contributed by atoms with van der Waals surface area (Å²) in [4.78, 5) is 14.1. The molecule has 1 aromatic rings. The standard InChI is InChI=1S/C17H28N4O3/c1-20-9-14(8-19-20)24-16-11-21(10-15(16)22)12-17(23)18-7-13-5-3-2-4-6-13/h8-9,13,15-16,22H,2-7,10-12H2,1H3,(H,18,23)/t15-,16-/m1/s1. The van der Waals surface area contributed by atoms with Crippen LogP contribution in [0.15, 0.2) is 12.4 Å². The number of rotatable bonds is 6. The second-order valence-electron chi connectivity index (χ2n) is 7.08. The van der Waals surface area contributed by atoms with Crippen LogP contribution in [0.3, 0.4) is 0 Å². The minimum Gasteiger partial charge on any atom is -0.483 e. The Morgan fingerprint density at radius 1 is 1.38 bits per heavy atom. The zero-order valence-electron chi connectivity index (χ0n) is 14.4. The number of aryl methyl sites for hydroxylation is 1. The summed E-state index contributed by atoms with van der Waals surface area (Å²) in [5.74, 6) is 1.31. The van der Waals surface area contributed by atoms with E-state index in [1.807, 2.05) is 11.9 Å². The first-order chi connectivity index (χ1) is 11.6. The lowest BCUT2D eigenvalue weighted by Crippen LogP contribution is -2.39. The van der Waals surface area contributed by atoms with Crippen molar-refractivity contribution in [2.45, 2.75) is 44.3 Å². The Balaban J connectivity index is 1.40. The number of nitrogens with zero attached hydrogens (tertiary/aromatic N) is 3. The molecule has 2 aliphatic rings.